The lowest BCUT2D eigenvalue weighted by molar-refractivity contribution is -0.149. The van der Waals surface area contributed by atoms with Gasteiger partial charge in [-0.2, -0.15) is 0 Å². The van der Waals surface area contributed by atoms with Gasteiger partial charge in [-0.3, -0.25) is 9.00 Å². The number of carbonyl (C=O) groups excluding carboxylic acids is 1. The Labute approximate surface area is 113 Å². The van der Waals surface area contributed by atoms with Gasteiger partial charge >= 0.3 is 5.97 Å². The quantitative estimate of drug-likeness (QED) is 0.802. The van der Waals surface area contributed by atoms with Crippen LogP contribution in [0.5, 0.6) is 0 Å². The van der Waals surface area contributed by atoms with Crippen molar-refractivity contribution in [3.05, 3.63) is 29.0 Å². The van der Waals surface area contributed by atoms with Gasteiger partial charge < -0.3 is 4.74 Å². The Morgan fingerprint density at radius 2 is 2.11 bits per heavy atom. The highest BCUT2D eigenvalue weighted by Gasteiger charge is 2.31. The van der Waals surface area contributed by atoms with Gasteiger partial charge in [0, 0.05) is 10.6 Å². The maximum atomic E-state index is 13.0. The van der Waals surface area contributed by atoms with Crippen LogP contribution in [-0.4, -0.2) is 23.0 Å². The molecule has 0 spiro atoms. The summed E-state index contributed by atoms with van der Waals surface area (Å²) in [6.45, 7) is 3.28. The predicted molar refractivity (Wildman–Crippen MR) is 68.5 cm³/mol. The van der Waals surface area contributed by atoms with E-state index in [4.69, 9.17) is 11.6 Å². The van der Waals surface area contributed by atoms with Gasteiger partial charge in [-0.15, -0.1) is 0 Å². The summed E-state index contributed by atoms with van der Waals surface area (Å²) in [6.07, 6.45) is 0. The fourth-order valence-electron chi connectivity index (χ4n) is 1.36. The Morgan fingerprint density at radius 1 is 1.50 bits per heavy atom. The van der Waals surface area contributed by atoms with Crippen LogP contribution in [0.15, 0.2) is 23.1 Å². The van der Waals surface area contributed by atoms with Crippen LogP contribution in [0.2, 0.25) is 5.02 Å². The van der Waals surface area contributed by atoms with Crippen molar-refractivity contribution in [3.8, 4) is 0 Å². The van der Waals surface area contributed by atoms with Crippen LogP contribution in [0.3, 0.4) is 0 Å². The van der Waals surface area contributed by atoms with Crippen molar-refractivity contribution in [2.45, 2.75) is 18.7 Å². The van der Waals surface area contributed by atoms with Crippen LogP contribution in [0.4, 0.5) is 4.39 Å². The van der Waals surface area contributed by atoms with E-state index >= 15 is 0 Å². The third-order valence-electron chi connectivity index (χ3n) is 2.38. The second-order valence-corrected chi connectivity index (χ2v) is 6.30. The van der Waals surface area contributed by atoms with Crippen LogP contribution in [-0.2, 0) is 20.3 Å². The zero-order valence-corrected chi connectivity index (χ0v) is 11.9. The van der Waals surface area contributed by atoms with E-state index in [1.54, 1.807) is 13.8 Å². The second-order valence-electron chi connectivity index (χ2n) is 4.44. The molecule has 1 aromatic carbocycles. The molecule has 3 nitrogen and oxygen atoms in total. The van der Waals surface area contributed by atoms with Gasteiger partial charge in [-0.1, -0.05) is 11.6 Å². The monoisotopic (exact) mass is 292 g/mol. The second kappa shape index (κ2) is 5.80. The van der Waals surface area contributed by atoms with Crippen molar-refractivity contribution in [3.63, 3.8) is 0 Å². The summed E-state index contributed by atoms with van der Waals surface area (Å²) in [6, 6.07) is 3.85. The predicted octanol–water partition coefficient (Wildman–Crippen LogP) is 2.79. The van der Waals surface area contributed by atoms with E-state index in [0.717, 1.165) is 6.07 Å². The molecular formula is C12H14ClFO3S. The summed E-state index contributed by atoms with van der Waals surface area (Å²) in [7, 11) is -0.166. The fraction of sp³-hybridized carbons (Fsp3) is 0.417. The molecule has 0 aliphatic rings. The Bertz CT molecular complexity index is 488. The first-order chi connectivity index (χ1) is 8.27. The molecule has 6 heteroatoms. The van der Waals surface area contributed by atoms with E-state index < -0.39 is 28.0 Å². The molecule has 0 aromatic heterocycles. The number of hydrogen-bond acceptors (Lipinski definition) is 3. The average Bonchev–Trinajstić information content (AvgIpc) is 2.30. The molecular weight excluding hydrogens is 279 g/mol. The molecule has 1 aromatic rings. The number of halogens is 2. The topological polar surface area (TPSA) is 43.4 Å². The molecule has 18 heavy (non-hydrogen) atoms. The molecule has 0 fully saturated rings. The number of rotatable bonds is 4. The van der Waals surface area contributed by atoms with Gasteiger partial charge in [0.05, 0.1) is 28.3 Å². The first-order valence-corrected chi connectivity index (χ1v) is 6.89. The number of benzene rings is 1. The van der Waals surface area contributed by atoms with Gasteiger partial charge in [0.2, 0.25) is 0 Å². The average molecular weight is 293 g/mol. The molecule has 1 atom stereocenters. The van der Waals surface area contributed by atoms with E-state index in [9.17, 15) is 13.4 Å². The highest BCUT2D eigenvalue weighted by atomic mass is 35.5. The molecule has 0 saturated carbocycles. The molecule has 0 radical (unpaired) electrons. The summed E-state index contributed by atoms with van der Waals surface area (Å²) in [5.41, 5.74) is -0.875. The van der Waals surface area contributed by atoms with Crippen molar-refractivity contribution >= 4 is 28.4 Å². The zero-order valence-electron chi connectivity index (χ0n) is 10.3. The van der Waals surface area contributed by atoms with E-state index in [1.807, 2.05) is 0 Å². The highest BCUT2D eigenvalue weighted by molar-refractivity contribution is 7.85. The van der Waals surface area contributed by atoms with Crippen molar-refractivity contribution in [1.82, 2.24) is 0 Å². The third-order valence-corrected chi connectivity index (χ3v) is 4.44. The number of esters is 1. The van der Waals surface area contributed by atoms with Crippen LogP contribution in [0, 0.1) is 11.2 Å². The van der Waals surface area contributed by atoms with Crippen molar-refractivity contribution in [2.24, 2.45) is 5.41 Å². The highest BCUT2D eigenvalue weighted by Crippen LogP contribution is 2.24. The Balaban J connectivity index is 2.89. The first-order valence-electron chi connectivity index (χ1n) is 5.20. The van der Waals surface area contributed by atoms with Crippen LogP contribution in [0.25, 0.3) is 0 Å². The minimum Gasteiger partial charge on any atom is -0.469 e. The molecule has 0 aliphatic carbocycles. The minimum atomic E-state index is -1.45. The summed E-state index contributed by atoms with van der Waals surface area (Å²) in [4.78, 5) is 11.9. The van der Waals surface area contributed by atoms with Crippen molar-refractivity contribution in [2.75, 3.05) is 12.9 Å². The molecule has 100 valence electrons. The molecule has 0 bridgehead atoms. The van der Waals surface area contributed by atoms with Crippen molar-refractivity contribution in [1.29, 1.82) is 0 Å². The van der Waals surface area contributed by atoms with E-state index in [-0.39, 0.29) is 10.8 Å². The zero-order chi connectivity index (χ0) is 13.9. The Morgan fingerprint density at radius 3 is 2.61 bits per heavy atom. The van der Waals surface area contributed by atoms with Crippen molar-refractivity contribution < 1.29 is 18.1 Å². The van der Waals surface area contributed by atoms with Gasteiger partial charge in [0.15, 0.2) is 0 Å². The molecule has 1 unspecified atom stereocenters. The largest absolute Gasteiger partial charge is 0.469 e. The lowest BCUT2D eigenvalue weighted by Gasteiger charge is -2.20. The summed E-state index contributed by atoms with van der Waals surface area (Å²) in [5, 5.41) is -0.0864. The first kappa shape index (κ1) is 15.1. The third kappa shape index (κ3) is 3.53. The molecule has 0 N–H and O–H groups in total. The van der Waals surface area contributed by atoms with E-state index in [2.05, 4.69) is 4.74 Å². The lowest BCUT2D eigenvalue weighted by atomic mass is 9.97. The summed E-state index contributed by atoms with van der Waals surface area (Å²) in [5.74, 6) is -0.921. The normalized spacial score (nSPS) is 13.2. The fourth-order valence-corrected chi connectivity index (χ4v) is 3.02. The number of hydrogen-bond donors (Lipinski definition) is 0. The van der Waals surface area contributed by atoms with Gasteiger partial charge in [-0.25, -0.2) is 4.39 Å². The van der Waals surface area contributed by atoms with Crippen LogP contribution in [0.1, 0.15) is 13.8 Å². The summed E-state index contributed by atoms with van der Waals surface area (Å²) >= 11 is 5.62. The maximum absolute atomic E-state index is 13.0. The molecule has 0 amide bonds. The standard InChI is InChI=1S/C12H14ClFO3S/c1-12(2,11(15)17-3)7-18(16)8-4-5-10(14)9(13)6-8/h4-6H,7H2,1-3H3. The number of carbonyl (C=O) groups is 1. The number of ether oxygens (including phenoxy) is 1. The number of methoxy groups -OCH3 is 1. The van der Waals surface area contributed by atoms with E-state index in [0.29, 0.717) is 4.90 Å². The Hall–Kier alpha value is -0.940. The summed E-state index contributed by atoms with van der Waals surface area (Å²) < 4.78 is 29.7. The van der Waals surface area contributed by atoms with Gasteiger partial charge in [0.1, 0.15) is 5.82 Å². The van der Waals surface area contributed by atoms with E-state index in [1.165, 1.54) is 19.2 Å². The molecule has 1 rings (SSSR count). The van der Waals surface area contributed by atoms with Crippen LogP contribution >= 0.6 is 11.6 Å². The molecule has 0 saturated heterocycles. The smallest absolute Gasteiger partial charge is 0.312 e. The minimum absolute atomic E-state index is 0.0850. The molecule has 0 aliphatic heterocycles. The molecule has 0 heterocycles. The maximum Gasteiger partial charge on any atom is 0.312 e. The van der Waals surface area contributed by atoms with Gasteiger partial charge in [-0.05, 0) is 32.0 Å². The van der Waals surface area contributed by atoms with Crippen LogP contribution < -0.4 is 0 Å². The lowest BCUT2D eigenvalue weighted by Crippen LogP contribution is -2.31. The Kier molecular flexibility index (Phi) is 4.87. The SMILES string of the molecule is COC(=O)C(C)(C)CS(=O)c1ccc(F)c(Cl)c1. The van der Waals surface area contributed by atoms with Gasteiger partial charge in [0.25, 0.3) is 0 Å².